The van der Waals surface area contributed by atoms with Gasteiger partial charge in [-0.25, -0.2) is 0 Å². The van der Waals surface area contributed by atoms with Crippen LogP contribution < -0.4 is 4.48 Å². The van der Waals surface area contributed by atoms with Crippen molar-refractivity contribution in [1.82, 2.24) is 4.48 Å². The molecule has 0 saturated heterocycles. The van der Waals surface area contributed by atoms with Crippen LogP contribution in [0.4, 0.5) is 5.69 Å². The van der Waals surface area contributed by atoms with Gasteiger partial charge in [-0.15, -0.1) is 0 Å². The predicted octanol–water partition coefficient (Wildman–Crippen LogP) is 3.07. The Morgan fingerprint density at radius 3 is 2.00 bits per heavy atom. The smallest absolute Gasteiger partial charge is 0.136 e. The van der Waals surface area contributed by atoms with Gasteiger partial charge in [0.1, 0.15) is 11.4 Å². The number of rotatable bonds is 4. The molecule has 0 heterocycles. The van der Waals surface area contributed by atoms with Gasteiger partial charge < -0.3 is 5.11 Å². The number of phenolic OH excluding ortho intramolecular Hbond substituents is 1. The Morgan fingerprint density at radius 2 is 1.60 bits per heavy atom. The van der Waals surface area contributed by atoms with Gasteiger partial charge >= 0.3 is 0 Å². The number of aryl methyl sites for hydroxylation is 1. The average Bonchev–Trinajstić information content (AvgIpc) is 2.23. The highest BCUT2D eigenvalue weighted by Crippen LogP contribution is 2.29. The molecule has 1 rings (SSSR count). The molecule has 84 valence electrons. The van der Waals surface area contributed by atoms with Crippen LogP contribution in [-0.4, -0.2) is 24.7 Å². The minimum Gasteiger partial charge on any atom is -0.508 e. The summed E-state index contributed by atoms with van der Waals surface area (Å²) in [5, 5.41) is 9.41. The molecule has 0 aromatic heterocycles. The lowest BCUT2D eigenvalue weighted by Gasteiger charge is -2.36. The summed E-state index contributed by atoms with van der Waals surface area (Å²) in [7, 11) is 0. The van der Waals surface area contributed by atoms with Crippen molar-refractivity contribution >= 4 is 5.69 Å². The highest BCUT2D eigenvalue weighted by molar-refractivity contribution is 5.52. The molecule has 2 nitrogen and oxygen atoms in total. The monoisotopic (exact) mass is 208 g/mol. The Morgan fingerprint density at radius 1 is 1.07 bits per heavy atom. The largest absolute Gasteiger partial charge is 0.508 e. The molecule has 0 unspecified atom stereocenters. The molecule has 0 aliphatic rings. The van der Waals surface area contributed by atoms with E-state index in [4.69, 9.17) is 0 Å². The van der Waals surface area contributed by atoms with Gasteiger partial charge in [-0.3, -0.25) is 4.48 Å². The third-order valence-corrected chi connectivity index (χ3v) is 3.51. The Kier molecular flexibility index (Phi) is 3.75. The van der Waals surface area contributed by atoms with Gasteiger partial charge in [0.2, 0.25) is 0 Å². The highest BCUT2D eigenvalue weighted by atomic mass is 16.3. The molecule has 0 saturated carbocycles. The van der Waals surface area contributed by atoms with Crippen LogP contribution in [0.1, 0.15) is 26.3 Å². The molecular formula is C13H22NO+. The third-order valence-electron chi connectivity index (χ3n) is 3.51. The molecule has 0 radical (unpaired) electrons. The van der Waals surface area contributed by atoms with Crippen molar-refractivity contribution in [2.24, 2.45) is 0 Å². The fourth-order valence-electron chi connectivity index (χ4n) is 2.35. The van der Waals surface area contributed by atoms with Crippen molar-refractivity contribution < 1.29 is 5.11 Å². The molecule has 0 fully saturated rings. The lowest BCUT2D eigenvalue weighted by molar-refractivity contribution is 0.314. The number of benzene rings is 1. The van der Waals surface area contributed by atoms with Gasteiger partial charge in [0, 0.05) is 11.6 Å². The van der Waals surface area contributed by atoms with Crippen LogP contribution in [0.25, 0.3) is 0 Å². The Labute approximate surface area is 92.8 Å². The zero-order valence-corrected chi connectivity index (χ0v) is 10.2. The van der Waals surface area contributed by atoms with Crippen LogP contribution in [0, 0.1) is 6.92 Å². The van der Waals surface area contributed by atoms with E-state index < -0.39 is 0 Å². The summed E-state index contributed by atoms with van der Waals surface area (Å²) >= 11 is 0. The van der Waals surface area contributed by atoms with Crippen LogP contribution in [0.3, 0.4) is 0 Å². The molecular weight excluding hydrogens is 186 g/mol. The van der Waals surface area contributed by atoms with Gasteiger partial charge in [-0.2, -0.15) is 0 Å². The van der Waals surface area contributed by atoms with Gasteiger partial charge in [-0.05, 0) is 39.8 Å². The summed E-state index contributed by atoms with van der Waals surface area (Å²) in [6.07, 6.45) is 0. The molecule has 0 bridgehead atoms. The summed E-state index contributed by atoms with van der Waals surface area (Å²) in [6, 6.07) is 5.70. The standard InChI is InChI=1S/C13H21NO/c1-5-14(6-2,7-3)13-9-8-12(15)10-11(13)4/h8-10H,5-7H2,1-4H3/p+1. The average molecular weight is 208 g/mol. The Bertz CT molecular complexity index is 321. The van der Waals surface area contributed by atoms with E-state index >= 15 is 0 Å². The van der Waals surface area contributed by atoms with Gasteiger partial charge in [-0.1, -0.05) is 0 Å². The van der Waals surface area contributed by atoms with E-state index in [1.165, 1.54) is 11.3 Å². The SMILES string of the molecule is CC[N+](CC)(CC)c1ccc(O)cc1C. The second-order valence-electron chi connectivity index (χ2n) is 4.06. The third kappa shape index (κ3) is 2.15. The molecule has 1 N–H and O–H groups in total. The molecule has 15 heavy (non-hydrogen) atoms. The maximum Gasteiger partial charge on any atom is 0.136 e. The number of phenols is 1. The van der Waals surface area contributed by atoms with E-state index in [0.717, 1.165) is 24.1 Å². The van der Waals surface area contributed by atoms with E-state index in [0.29, 0.717) is 5.75 Å². The fraction of sp³-hybridized carbons (Fsp3) is 0.538. The highest BCUT2D eigenvalue weighted by Gasteiger charge is 2.25. The van der Waals surface area contributed by atoms with Crippen molar-refractivity contribution in [2.45, 2.75) is 27.7 Å². The van der Waals surface area contributed by atoms with Crippen LogP contribution in [0.15, 0.2) is 18.2 Å². The summed E-state index contributed by atoms with van der Waals surface area (Å²) in [4.78, 5) is 0. The molecule has 0 atom stereocenters. The fourth-order valence-corrected chi connectivity index (χ4v) is 2.35. The molecule has 1 aromatic rings. The minimum absolute atomic E-state index is 0.359. The maximum atomic E-state index is 9.41. The first-order chi connectivity index (χ1) is 7.09. The van der Waals surface area contributed by atoms with E-state index in [1.54, 1.807) is 6.07 Å². The predicted molar refractivity (Wildman–Crippen MR) is 66.3 cm³/mol. The summed E-state index contributed by atoms with van der Waals surface area (Å²) in [5.74, 6) is 0.359. The van der Waals surface area contributed by atoms with Crippen molar-refractivity contribution in [3.8, 4) is 5.75 Å². The minimum atomic E-state index is 0.359. The molecule has 0 aliphatic carbocycles. The first-order valence-electron chi connectivity index (χ1n) is 5.76. The van der Waals surface area contributed by atoms with Crippen molar-refractivity contribution in [2.75, 3.05) is 19.6 Å². The summed E-state index contributed by atoms with van der Waals surface area (Å²) < 4.78 is 0.992. The first kappa shape index (κ1) is 12.1. The Hall–Kier alpha value is -1.02. The Balaban J connectivity index is 3.22. The lowest BCUT2D eigenvalue weighted by atomic mass is 10.1. The quantitative estimate of drug-likeness (QED) is 0.754. The van der Waals surface area contributed by atoms with Crippen molar-refractivity contribution in [1.29, 1.82) is 0 Å². The first-order valence-corrected chi connectivity index (χ1v) is 5.76. The second-order valence-corrected chi connectivity index (χ2v) is 4.06. The van der Waals surface area contributed by atoms with E-state index in [9.17, 15) is 5.11 Å². The molecule has 0 aliphatic heterocycles. The van der Waals surface area contributed by atoms with Crippen molar-refractivity contribution in [3.63, 3.8) is 0 Å². The van der Waals surface area contributed by atoms with Gasteiger partial charge in [0.05, 0.1) is 19.6 Å². The van der Waals surface area contributed by atoms with E-state index in [2.05, 4.69) is 33.8 Å². The number of quaternary nitrogens is 1. The van der Waals surface area contributed by atoms with Crippen LogP contribution >= 0.6 is 0 Å². The molecule has 0 spiro atoms. The zero-order chi connectivity index (χ0) is 11.5. The van der Waals surface area contributed by atoms with E-state index in [-0.39, 0.29) is 0 Å². The molecule has 2 heteroatoms. The zero-order valence-electron chi connectivity index (χ0n) is 10.2. The number of nitrogens with zero attached hydrogens (tertiary/aromatic N) is 1. The second kappa shape index (κ2) is 4.67. The van der Waals surface area contributed by atoms with Gasteiger partial charge in [0.25, 0.3) is 0 Å². The normalized spacial score (nSPS) is 11.7. The van der Waals surface area contributed by atoms with E-state index in [1.807, 2.05) is 6.07 Å². The van der Waals surface area contributed by atoms with Crippen LogP contribution in [0.2, 0.25) is 0 Å². The lowest BCUT2D eigenvalue weighted by Crippen LogP contribution is -2.49. The summed E-state index contributed by atoms with van der Waals surface area (Å²) in [5.41, 5.74) is 2.51. The number of hydrogen-bond acceptors (Lipinski definition) is 1. The van der Waals surface area contributed by atoms with Gasteiger partial charge in [0.15, 0.2) is 0 Å². The molecule has 0 amide bonds. The van der Waals surface area contributed by atoms with Crippen LogP contribution in [-0.2, 0) is 0 Å². The maximum absolute atomic E-state index is 9.41. The van der Waals surface area contributed by atoms with Crippen LogP contribution in [0.5, 0.6) is 5.75 Å². The number of aromatic hydroxyl groups is 1. The number of hydrogen-bond donors (Lipinski definition) is 1. The van der Waals surface area contributed by atoms with Crippen molar-refractivity contribution in [3.05, 3.63) is 23.8 Å². The molecule has 1 aromatic carbocycles. The topological polar surface area (TPSA) is 20.2 Å². The summed E-state index contributed by atoms with van der Waals surface area (Å²) in [6.45, 7) is 12.0.